The number of rotatable bonds is 2. The fourth-order valence-electron chi connectivity index (χ4n) is 1.68. The zero-order valence-corrected chi connectivity index (χ0v) is 11.2. The highest BCUT2D eigenvalue weighted by molar-refractivity contribution is 9.10. The van der Waals surface area contributed by atoms with Crippen LogP contribution < -0.4 is 0 Å². The number of benzene rings is 1. The third-order valence-electron chi connectivity index (χ3n) is 2.30. The molecule has 0 spiro atoms. The van der Waals surface area contributed by atoms with Gasteiger partial charge in [0.2, 0.25) is 0 Å². The van der Waals surface area contributed by atoms with Crippen molar-refractivity contribution in [2.75, 3.05) is 19.5 Å². The van der Waals surface area contributed by atoms with Crippen LogP contribution >= 0.6 is 27.7 Å². The lowest BCUT2D eigenvalue weighted by atomic mass is 10.1. The molecule has 15 heavy (non-hydrogen) atoms. The number of thioether (sulfide) groups is 1. The van der Waals surface area contributed by atoms with Crippen molar-refractivity contribution in [3.63, 3.8) is 0 Å². The summed E-state index contributed by atoms with van der Waals surface area (Å²) in [5.74, 6) is 0. The van der Waals surface area contributed by atoms with Crippen LogP contribution in [0.5, 0.6) is 0 Å². The molecule has 1 fully saturated rings. The van der Waals surface area contributed by atoms with Crippen molar-refractivity contribution < 1.29 is 9.47 Å². The van der Waals surface area contributed by atoms with E-state index >= 15 is 0 Å². The molecule has 0 saturated carbocycles. The molecule has 1 aliphatic heterocycles. The lowest BCUT2D eigenvalue weighted by Gasteiger charge is -2.15. The molecule has 4 heteroatoms. The molecule has 1 aromatic rings. The molecule has 1 saturated heterocycles. The van der Waals surface area contributed by atoms with Crippen molar-refractivity contribution in [2.45, 2.75) is 18.1 Å². The zero-order chi connectivity index (χ0) is 10.8. The third-order valence-corrected chi connectivity index (χ3v) is 4.05. The van der Waals surface area contributed by atoms with Crippen LogP contribution in [0.4, 0.5) is 0 Å². The lowest BCUT2D eigenvalue weighted by Crippen LogP contribution is -2.01. The van der Waals surface area contributed by atoms with E-state index in [2.05, 4.69) is 41.2 Å². The zero-order valence-electron chi connectivity index (χ0n) is 8.75. The van der Waals surface area contributed by atoms with Gasteiger partial charge in [0.1, 0.15) is 0 Å². The molecular formula is C11H13BrO2S. The van der Waals surface area contributed by atoms with E-state index in [1.807, 2.05) is 0 Å². The van der Waals surface area contributed by atoms with E-state index in [0.29, 0.717) is 13.2 Å². The van der Waals surface area contributed by atoms with Crippen LogP contribution in [0.15, 0.2) is 21.5 Å². The quantitative estimate of drug-likeness (QED) is 0.776. The highest BCUT2D eigenvalue weighted by Gasteiger charge is 2.22. The average molecular weight is 289 g/mol. The largest absolute Gasteiger partial charge is 0.346 e. The summed E-state index contributed by atoms with van der Waals surface area (Å²) in [4.78, 5) is 1.20. The van der Waals surface area contributed by atoms with Crippen LogP contribution in [0.25, 0.3) is 0 Å². The van der Waals surface area contributed by atoms with Crippen molar-refractivity contribution in [1.82, 2.24) is 0 Å². The summed E-state index contributed by atoms with van der Waals surface area (Å²) < 4.78 is 12.2. The van der Waals surface area contributed by atoms with Crippen molar-refractivity contribution in [3.8, 4) is 0 Å². The van der Waals surface area contributed by atoms with Crippen LogP contribution in [0.1, 0.15) is 17.4 Å². The molecule has 1 heterocycles. The second kappa shape index (κ2) is 4.87. The monoisotopic (exact) mass is 288 g/mol. The minimum absolute atomic E-state index is 0.191. The summed E-state index contributed by atoms with van der Waals surface area (Å²) >= 11 is 5.28. The molecule has 1 aromatic carbocycles. The van der Waals surface area contributed by atoms with Crippen LogP contribution in [-0.2, 0) is 9.47 Å². The predicted octanol–water partition coefficient (Wildman–Crippen LogP) is 3.52. The van der Waals surface area contributed by atoms with Crippen molar-refractivity contribution in [1.29, 1.82) is 0 Å². The van der Waals surface area contributed by atoms with Crippen LogP contribution in [0.2, 0.25) is 0 Å². The summed E-state index contributed by atoms with van der Waals surface area (Å²) in [6.45, 7) is 3.45. The first kappa shape index (κ1) is 11.5. The number of hydrogen-bond donors (Lipinski definition) is 0. The average Bonchev–Trinajstić information content (AvgIpc) is 2.69. The van der Waals surface area contributed by atoms with Gasteiger partial charge in [0.15, 0.2) is 6.29 Å². The summed E-state index contributed by atoms with van der Waals surface area (Å²) in [5, 5.41) is 0. The molecule has 2 rings (SSSR count). The predicted molar refractivity (Wildman–Crippen MR) is 65.3 cm³/mol. The van der Waals surface area contributed by atoms with E-state index in [-0.39, 0.29) is 6.29 Å². The third kappa shape index (κ3) is 2.38. The summed E-state index contributed by atoms with van der Waals surface area (Å²) in [6, 6.07) is 4.25. The van der Waals surface area contributed by atoms with Crippen LogP contribution in [0.3, 0.4) is 0 Å². The van der Waals surface area contributed by atoms with Crippen molar-refractivity contribution in [2.24, 2.45) is 0 Å². The van der Waals surface area contributed by atoms with Crippen molar-refractivity contribution >= 4 is 27.7 Å². The first-order valence-electron chi connectivity index (χ1n) is 4.79. The lowest BCUT2D eigenvalue weighted by molar-refractivity contribution is -0.0461. The number of ether oxygens (including phenoxy) is 2. The maximum Gasteiger partial charge on any atom is 0.185 e. The van der Waals surface area contributed by atoms with Gasteiger partial charge in [-0.15, -0.1) is 11.8 Å². The second-order valence-corrected chi connectivity index (χ2v) is 5.11. The van der Waals surface area contributed by atoms with E-state index in [9.17, 15) is 0 Å². The number of halogens is 1. The first-order chi connectivity index (χ1) is 7.22. The molecule has 0 radical (unpaired) electrons. The minimum Gasteiger partial charge on any atom is -0.346 e. The second-order valence-electron chi connectivity index (χ2n) is 3.44. The molecule has 0 N–H and O–H groups in total. The maximum atomic E-state index is 5.54. The molecule has 0 atom stereocenters. The minimum atomic E-state index is -0.191. The van der Waals surface area contributed by atoms with Gasteiger partial charge in [-0.3, -0.25) is 0 Å². The Kier molecular flexibility index (Phi) is 3.72. The van der Waals surface area contributed by atoms with Crippen LogP contribution in [-0.4, -0.2) is 19.5 Å². The van der Waals surface area contributed by atoms with Gasteiger partial charge >= 0.3 is 0 Å². The summed E-state index contributed by atoms with van der Waals surface area (Å²) in [6.07, 6.45) is 1.87. The van der Waals surface area contributed by atoms with Gasteiger partial charge in [0.25, 0.3) is 0 Å². The van der Waals surface area contributed by atoms with E-state index in [4.69, 9.17) is 9.47 Å². The fraction of sp³-hybridized carbons (Fsp3) is 0.455. The molecule has 0 bridgehead atoms. The summed E-state index contributed by atoms with van der Waals surface area (Å²) in [5.41, 5.74) is 2.35. The topological polar surface area (TPSA) is 18.5 Å². The molecule has 1 aliphatic rings. The van der Waals surface area contributed by atoms with Gasteiger partial charge in [-0.1, -0.05) is 0 Å². The highest BCUT2D eigenvalue weighted by atomic mass is 79.9. The number of hydrogen-bond acceptors (Lipinski definition) is 3. The summed E-state index contributed by atoms with van der Waals surface area (Å²) in [7, 11) is 0. The Labute approximate surface area is 102 Å². The van der Waals surface area contributed by atoms with Crippen LogP contribution in [0, 0.1) is 6.92 Å². The first-order valence-corrected chi connectivity index (χ1v) is 6.81. The molecule has 0 unspecified atom stereocenters. The normalized spacial score (nSPS) is 17.3. The van der Waals surface area contributed by atoms with Gasteiger partial charge in [0, 0.05) is 14.9 Å². The molecule has 2 nitrogen and oxygen atoms in total. The standard InChI is InChI=1S/C11H13BrO2S/c1-7-5-8(11-13-3-4-14-11)10(15-2)9(12)6-7/h5-6,11H,3-4H2,1-2H3. The van der Waals surface area contributed by atoms with Gasteiger partial charge in [-0.05, 0) is 46.8 Å². The van der Waals surface area contributed by atoms with Gasteiger partial charge in [-0.25, -0.2) is 0 Å². The molecule has 0 aromatic heterocycles. The molecule has 0 aliphatic carbocycles. The fourth-order valence-corrected chi connectivity index (χ4v) is 3.40. The smallest absolute Gasteiger partial charge is 0.185 e. The maximum absolute atomic E-state index is 5.54. The van der Waals surface area contributed by atoms with Gasteiger partial charge in [-0.2, -0.15) is 0 Å². The Bertz CT molecular complexity index is 362. The number of aryl methyl sites for hydroxylation is 1. The van der Waals surface area contributed by atoms with Gasteiger partial charge in [0.05, 0.1) is 13.2 Å². The van der Waals surface area contributed by atoms with Crippen molar-refractivity contribution in [3.05, 3.63) is 27.7 Å². The molecule has 0 amide bonds. The van der Waals surface area contributed by atoms with E-state index < -0.39 is 0 Å². The Morgan fingerprint density at radius 3 is 2.60 bits per heavy atom. The molecular weight excluding hydrogens is 276 g/mol. The molecule has 82 valence electrons. The SMILES string of the molecule is CSc1c(Br)cc(C)cc1C1OCCO1. The van der Waals surface area contributed by atoms with E-state index in [1.165, 1.54) is 10.5 Å². The van der Waals surface area contributed by atoms with Gasteiger partial charge < -0.3 is 9.47 Å². The Balaban J connectivity index is 2.42. The highest BCUT2D eigenvalue weighted by Crippen LogP contribution is 2.37. The Morgan fingerprint density at radius 1 is 1.33 bits per heavy atom. The Morgan fingerprint density at radius 2 is 2.00 bits per heavy atom. The Hall–Kier alpha value is -0.0300. The van der Waals surface area contributed by atoms with E-state index in [1.54, 1.807) is 11.8 Å². The van der Waals surface area contributed by atoms with E-state index in [0.717, 1.165) is 10.0 Å².